The molecule has 1 heterocycles. The predicted molar refractivity (Wildman–Crippen MR) is 71.0 cm³/mol. The molecule has 2 rings (SSSR count). The van der Waals surface area contributed by atoms with E-state index in [1.54, 1.807) is 6.92 Å². The summed E-state index contributed by atoms with van der Waals surface area (Å²) in [5.74, 6) is -0.903. The largest absolute Gasteiger partial charge is 0.419 e. The van der Waals surface area contributed by atoms with Crippen molar-refractivity contribution < 1.29 is 13.2 Å². The molecule has 0 bridgehead atoms. The number of nitrogens with zero attached hydrogens (tertiary/aromatic N) is 2. The van der Waals surface area contributed by atoms with Crippen molar-refractivity contribution in [3.63, 3.8) is 0 Å². The third-order valence-electron chi connectivity index (χ3n) is 2.72. The molecule has 0 aliphatic rings. The highest BCUT2D eigenvalue weighted by Crippen LogP contribution is 2.24. The number of hydrogen-bond acceptors (Lipinski definition) is 4. The molecule has 0 spiro atoms. The molecule has 0 radical (unpaired) electrons. The van der Waals surface area contributed by atoms with Gasteiger partial charge in [-0.3, -0.25) is 0 Å². The van der Waals surface area contributed by atoms with Crippen LogP contribution in [0.5, 0.6) is 0 Å². The van der Waals surface area contributed by atoms with Crippen LogP contribution in [0.3, 0.4) is 0 Å². The molecule has 6 heteroatoms. The number of rotatable bonds is 3. The summed E-state index contributed by atoms with van der Waals surface area (Å²) in [6, 6.07) is 2.18. The third-order valence-corrected chi connectivity index (χ3v) is 2.72. The van der Waals surface area contributed by atoms with Crippen molar-refractivity contribution in [3.8, 4) is 11.5 Å². The lowest BCUT2D eigenvalue weighted by atomic mass is 10.1. The van der Waals surface area contributed by atoms with Crippen LogP contribution in [0.15, 0.2) is 16.5 Å². The molecule has 1 aromatic carbocycles. The van der Waals surface area contributed by atoms with E-state index < -0.39 is 11.6 Å². The van der Waals surface area contributed by atoms with E-state index in [1.807, 2.05) is 20.8 Å². The van der Waals surface area contributed by atoms with Gasteiger partial charge in [-0.1, -0.05) is 0 Å². The monoisotopic (exact) mass is 281 g/mol. The minimum Gasteiger partial charge on any atom is -0.419 e. The molecule has 0 fully saturated rings. The summed E-state index contributed by atoms with van der Waals surface area (Å²) >= 11 is 0. The minimum atomic E-state index is -0.716. The summed E-state index contributed by atoms with van der Waals surface area (Å²) in [5.41, 5.74) is 0.346. The molecule has 2 aromatic rings. The van der Waals surface area contributed by atoms with Gasteiger partial charge in [0.15, 0.2) is 0 Å². The second kappa shape index (κ2) is 5.28. The van der Waals surface area contributed by atoms with Gasteiger partial charge in [-0.15, -0.1) is 10.2 Å². The Kier molecular flexibility index (Phi) is 3.85. The Bertz CT molecular complexity index is 617. The van der Waals surface area contributed by atoms with E-state index in [2.05, 4.69) is 15.5 Å². The van der Waals surface area contributed by atoms with Gasteiger partial charge in [0.1, 0.15) is 11.6 Å². The van der Waals surface area contributed by atoms with Crippen LogP contribution >= 0.6 is 0 Å². The first-order valence-corrected chi connectivity index (χ1v) is 6.30. The fourth-order valence-corrected chi connectivity index (χ4v) is 1.60. The van der Waals surface area contributed by atoms with Crippen LogP contribution in [0, 0.1) is 18.6 Å². The molecule has 0 aliphatic carbocycles. The van der Waals surface area contributed by atoms with Gasteiger partial charge < -0.3 is 9.73 Å². The summed E-state index contributed by atoms with van der Waals surface area (Å²) in [7, 11) is 0. The Labute approximate surface area is 116 Å². The topological polar surface area (TPSA) is 51.0 Å². The molecular weight excluding hydrogens is 264 g/mol. The van der Waals surface area contributed by atoms with Gasteiger partial charge in [-0.05, 0) is 39.3 Å². The quantitative estimate of drug-likeness (QED) is 0.938. The van der Waals surface area contributed by atoms with Crippen LogP contribution in [-0.2, 0) is 6.54 Å². The van der Waals surface area contributed by atoms with Gasteiger partial charge in [-0.2, -0.15) is 0 Å². The highest BCUT2D eigenvalue weighted by molar-refractivity contribution is 5.55. The van der Waals surface area contributed by atoms with Crippen molar-refractivity contribution in [2.45, 2.75) is 39.8 Å². The second-order valence-corrected chi connectivity index (χ2v) is 5.69. The Hall–Kier alpha value is -1.82. The zero-order valence-electron chi connectivity index (χ0n) is 11.9. The van der Waals surface area contributed by atoms with Crippen LogP contribution in [-0.4, -0.2) is 15.7 Å². The number of benzene rings is 1. The van der Waals surface area contributed by atoms with Gasteiger partial charge in [0.2, 0.25) is 5.89 Å². The fourth-order valence-electron chi connectivity index (χ4n) is 1.60. The van der Waals surface area contributed by atoms with Crippen LogP contribution in [0.4, 0.5) is 8.78 Å². The Balaban J connectivity index is 2.23. The summed E-state index contributed by atoms with van der Waals surface area (Å²) in [4.78, 5) is 0. The molecular formula is C14H17F2N3O. The van der Waals surface area contributed by atoms with Gasteiger partial charge in [0.05, 0.1) is 12.1 Å². The highest BCUT2D eigenvalue weighted by atomic mass is 19.1. The lowest BCUT2D eigenvalue weighted by molar-refractivity contribution is 0.383. The van der Waals surface area contributed by atoms with Crippen LogP contribution < -0.4 is 5.32 Å². The smallest absolute Gasteiger partial charge is 0.250 e. The van der Waals surface area contributed by atoms with E-state index in [4.69, 9.17) is 4.42 Å². The molecule has 0 aliphatic heterocycles. The van der Waals surface area contributed by atoms with E-state index in [0.717, 1.165) is 6.07 Å². The Morgan fingerprint density at radius 2 is 1.85 bits per heavy atom. The maximum atomic E-state index is 13.7. The maximum Gasteiger partial charge on any atom is 0.250 e. The SMILES string of the molecule is Cc1cc(-c2nnc(CNC(C)(C)C)o2)c(F)cc1F. The molecule has 20 heavy (non-hydrogen) atoms. The maximum absolute atomic E-state index is 13.7. The first-order chi connectivity index (χ1) is 9.26. The van der Waals surface area contributed by atoms with Crippen molar-refractivity contribution in [1.29, 1.82) is 0 Å². The lowest BCUT2D eigenvalue weighted by Crippen LogP contribution is -2.35. The molecule has 0 atom stereocenters. The van der Waals surface area contributed by atoms with Crippen LogP contribution in [0.1, 0.15) is 32.2 Å². The standard InChI is InChI=1S/C14H17F2N3O/c1-8-5-9(11(16)6-10(8)15)13-19-18-12(20-13)7-17-14(2,3)4/h5-6,17H,7H2,1-4H3. The summed E-state index contributed by atoms with van der Waals surface area (Å²) < 4.78 is 32.3. The molecule has 0 unspecified atom stereocenters. The van der Waals surface area contributed by atoms with Crippen molar-refractivity contribution in [1.82, 2.24) is 15.5 Å². The molecule has 0 saturated carbocycles. The van der Waals surface area contributed by atoms with Gasteiger partial charge >= 0.3 is 0 Å². The average molecular weight is 281 g/mol. The van der Waals surface area contributed by atoms with Gasteiger partial charge in [-0.25, -0.2) is 8.78 Å². The van der Waals surface area contributed by atoms with Crippen molar-refractivity contribution in [2.75, 3.05) is 0 Å². The van der Waals surface area contributed by atoms with E-state index >= 15 is 0 Å². The normalized spacial score (nSPS) is 11.9. The first-order valence-electron chi connectivity index (χ1n) is 6.30. The first kappa shape index (κ1) is 14.6. The van der Waals surface area contributed by atoms with E-state index in [1.165, 1.54) is 6.07 Å². The third kappa shape index (κ3) is 3.39. The van der Waals surface area contributed by atoms with Crippen molar-refractivity contribution in [3.05, 3.63) is 35.2 Å². The van der Waals surface area contributed by atoms with Crippen LogP contribution in [0.25, 0.3) is 11.5 Å². The lowest BCUT2D eigenvalue weighted by Gasteiger charge is -2.18. The molecule has 1 aromatic heterocycles. The zero-order valence-corrected chi connectivity index (χ0v) is 11.9. The Morgan fingerprint density at radius 1 is 1.15 bits per heavy atom. The zero-order chi connectivity index (χ0) is 14.9. The van der Waals surface area contributed by atoms with Gasteiger partial charge in [0, 0.05) is 11.6 Å². The minimum absolute atomic E-state index is 0.0521. The second-order valence-electron chi connectivity index (χ2n) is 5.69. The number of aryl methyl sites for hydroxylation is 1. The molecule has 1 N–H and O–H groups in total. The number of aromatic nitrogens is 2. The van der Waals surface area contributed by atoms with Crippen LogP contribution in [0.2, 0.25) is 0 Å². The van der Waals surface area contributed by atoms with Crippen molar-refractivity contribution in [2.24, 2.45) is 0 Å². The van der Waals surface area contributed by atoms with E-state index in [9.17, 15) is 8.78 Å². The number of nitrogens with one attached hydrogen (secondary N) is 1. The average Bonchev–Trinajstić information content (AvgIpc) is 2.79. The highest BCUT2D eigenvalue weighted by Gasteiger charge is 2.16. The molecule has 108 valence electrons. The molecule has 4 nitrogen and oxygen atoms in total. The summed E-state index contributed by atoms with van der Waals surface area (Å²) in [6.45, 7) is 7.96. The summed E-state index contributed by atoms with van der Waals surface area (Å²) in [5, 5.41) is 10.8. The van der Waals surface area contributed by atoms with Crippen molar-refractivity contribution >= 4 is 0 Å². The fraction of sp³-hybridized carbons (Fsp3) is 0.429. The van der Waals surface area contributed by atoms with E-state index in [0.29, 0.717) is 18.0 Å². The molecule has 0 saturated heterocycles. The molecule has 0 amide bonds. The Morgan fingerprint density at radius 3 is 2.50 bits per heavy atom. The predicted octanol–water partition coefficient (Wildman–Crippen LogP) is 3.21. The summed E-state index contributed by atoms with van der Waals surface area (Å²) in [6.07, 6.45) is 0. The van der Waals surface area contributed by atoms with Gasteiger partial charge in [0.25, 0.3) is 5.89 Å². The van der Waals surface area contributed by atoms with E-state index in [-0.39, 0.29) is 17.0 Å². The number of hydrogen-bond donors (Lipinski definition) is 1. The number of halogens is 2.